The molecule has 4 rings (SSSR count). The molecule has 2 bridgehead atoms. The summed E-state index contributed by atoms with van der Waals surface area (Å²) in [5, 5.41) is 3.60. The normalized spacial score (nSPS) is 24.6. The van der Waals surface area contributed by atoms with Gasteiger partial charge in [-0.1, -0.05) is 56.1 Å². The van der Waals surface area contributed by atoms with E-state index >= 15 is 0 Å². The van der Waals surface area contributed by atoms with Gasteiger partial charge in [-0.3, -0.25) is 9.59 Å². The van der Waals surface area contributed by atoms with Crippen molar-refractivity contribution in [1.82, 2.24) is 4.90 Å². The predicted molar refractivity (Wildman–Crippen MR) is 121 cm³/mol. The number of anilines is 1. The van der Waals surface area contributed by atoms with Crippen LogP contribution in [0.4, 0.5) is 5.69 Å². The average Bonchev–Trinajstić information content (AvgIpc) is 2.90. The van der Waals surface area contributed by atoms with Crippen LogP contribution < -0.4 is 5.32 Å². The van der Waals surface area contributed by atoms with Gasteiger partial charge in [0.25, 0.3) is 11.8 Å². The molecule has 0 unspecified atom stereocenters. The molecule has 0 spiro atoms. The van der Waals surface area contributed by atoms with Gasteiger partial charge in [0.15, 0.2) is 0 Å². The quantitative estimate of drug-likeness (QED) is 0.604. The molecule has 2 aromatic carbocycles. The molecular weight excluding hydrogens is 419 g/mol. The molecule has 30 heavy (non-hydrogen) atoms. The summed E-state index contributed by atoms with van der Waals surface area (Å²) in [6, 6.07) is 12.1. The summed E-state index contributed by atoms with van der Waals surface area (Å²) in [6.45, 7) is 7.61. The second-order valence-corrected chi connectivity index (χ2v) is 10.6. The first kappa shape index (κ1) is 21.2. The lowest BCUT2D eigenvalue weighted by molar-refractivity contribution is 0.0709. The van der Waals surface area contributed by atoms with Crippen LogP contribution in [0.5, 0.6) is 0 Å². The van der Waals surface area contributed by atoms with Crippen LogP contribution in [-0.4, -0.2) is 29.3 Å². The molecule has 1 saturated heterocycles. The first-order valence-electron chi connectivity index (χ1n) is 10.2. The Morgan fingerprint density at radius 1 is 1.03 bits per heavy atom. The fourth-order valence-corrected chi connectivity index (χ4v) is 5.99. The Morgan fingerprint density at radius 2 is 1.77 bits per heavy atom. The summed E-state index contributed by atoms with van der Waals surface area (Å²) >= 11 is 12.1. The van der Waals surface area contributed by atoms with E-state index < -0.39 is 0 Å². The third kappa shape index (κ3) is 4.08. The number of nitrogens with zero attached hydrogens (tertiary/aromatic N) is 1. The minimum atomic E-state index is -0.370. The Balaban J connectivity index is 1.59. The first-order valence-corrected chi connectivity index (χ1v) is 11.0. The number of carbonyl (C=O) groups is 2. The maximum atomic E-state index is 13.5. The van der Waals surface area contributed by atoms with E-state index in [4.69, 9.17) is 23.2 Å². The van der Waals surface area contributed by atoms with Crippen LogP contribution in [0, 0.1) is 10.8 Å². The molecule has 2 aliphatic rings. The number of nitrogens with one attached hydrogen (secondary N) is 1. The van der Waals surface area contributed by atoms with Crippen LogP contribution in [0.2, 0.25) is 10.0 Å². The number of hydrogen-bond donors (Lipinski definition) is 1. The molecule has 1 N–H and O–H groups in total. The summed E-state index contributed by atoms with van der Waals surface area (Å²) in [5.74, 6) is -0.398. The van der Waals surface area contributed by atoms with Gasteiger partial charge in [-0.25, -0.2) is 0 Å². The van der Waals surface area contributed by atoms with E-state index in [1.807, 2.05) is 17.0 Å². The highest BCUT2D eigenvalue weighted by molar-refractivity contribution is 6.37. The highest BCUT2D eigenvalue weighted by atomic mass is 35.5. The van der Waals surface area contributed by atoms with E-state index in [9.17, 15) is 9.59 Å². The van der Waals surface area contributed by atoms with Crippen molar-refractivity contribution in [3.63, 3.8) is 0 Å². The third-order valence-corrected chi connectivity index (χ3v) is 6.80. The van der Waals surface area contributed by atoms with Crippen molar-refractivity contribution in [3.8, 4) is 0 Å². The number of halogens is 2. The summed E-state index contributed by atoms with van der Waals surface area (Å²) < 4.78 is 0. The second-order valence-electron chi connectivity index (χ2n) is 9.77. The topological polar surface area (TPSA) is 49.4 Å². The van der Waals surface area contributed by atoms with Gasteiger partial charge in [0.05, 0.1) is 21.8 Å². The predicted octanol–water partition coefficient (Wildman–Crippen LogP) is 6.29. The standard InChI is InChI=1S/C24H26Cl2N2O2/c1-23(2)11-16-12-24(3,13-23)14-28(16)22(30)18-6-4-5-7-20(18)27-21(29)17-9-8-15(25)10-19(17)26/h4-10,16H,11-14H2,1-3H3,(H,27,29)/t16-,24-/m0/s1. The van der Waals surface area contributed by atoms with Gasteiger partial charge >= 0.3 is 0 Å². The lowest BCUT2D eigenvalue weighted by Crippen LogP contribution is -2.38. The van der Waals surface area contributed by atoms with E-state index in [1.54, 1.807) is 24.3 Å². The molecule has 2 aromatic rings. The highest BCUT2D eigenvalue weighted by Crippen LogP contribution is 2.52. The number of likely N-dealkylation sites (tertiary alicyclic amines) is 1. The lowest BCUT2D eigenvalue weighted by Gasteiger charge is -2.39. The Morgan fingerprint density at radius 3 is 2.50 bits per heavy atom. The minimum absolute atomic E-state index is 0.0282. The van der Waals surface area contributed by atoms with E-state index in [-0.39, 0.29) is 33.7 Å². The van der Waals surface area contributed by atoms with Gasteiger partial charge in [-0.2, -0.15) is 0 Å². The van der Waals surface area contributed by atoms with Crippen LogP contribution >= 0.6 is 23.2 Å². The van der Waals surface area contributed by atoms with Crippen LogP contribution in [0.25, 0.3) is 0 Å². The van der Waals surface area contributed by atoms with Crippen molar-refractivity contribution in [3.05, 3.63) is 63.6 Å². The smallest absolute Gasteiger partial charge is 0.257 e. The summed E-state index contributed by atoms with van der Waals surface area (Å²) in [5.41, 5.74) is 1.69. The van der Waals surface area contributed by atoms with Gasteiger partial charge in [-0.15, -0.1) is 0 Å². The van der Waals surface area contributed by atoms with Gasteiger partial charge < -0.3 is 10.2 Å². The molecular formula is C24H26Cl2N2O2. The maximum absolute atomic E-state index is 13.5. The Hall–Kier alpha value is -2.04. The second kappa shape index (κ2) is 7.58. The highest BCUT2D eigenvalue weighted by Gasteiger charge is 2.51. The summed E-state index contributed by atoms with van der Waals surface area (Å²) in [7, 11) is 0. The van der Waals surface area contributed by atoms with Crippen molar-refractivity contribution in [1.29, 1.82) is 0 Å². The lowest BCUT2D eigenvalue weighted by atomic mass is 9.65. The minimum Gasteiger partial charge on any atom is -0.335 e. The molecule has 1 heterocycles. The number of benzene rings is 2. The Bertz CT molecular complexity index is 1020. The molecule has 158 valence electrons. The monoisotopic (exact) mass is 444 g/mol. The van der Waals surface area contributed by atoms with E-state index in [0.29, 0.717) is 21.8 Å². The molecule has 0 radical (unpaired) electrons. The average molecular weight is 445 g/mol. The maximum Gasteiger partial charge on any atom is 0.257 e. The number of carbonyl (C=O) groups excluding carboxylic acids is 2. The van der Waals surface area contributed by atoms with Gasteiger partial charge in [0.2, 0.25) is 0 Å². The zero-order chi connectivity index (χ0) is 21.7. The molecule has 4 nitrogen and oxygen atoms in total. The van der Waals surface area contributed by atoms with Gasteiger partial charge in [0.1, 0.15) is 0 Å². The number of hydrogen-bond acceptors (Lipinski definition) is 2. The largest absolute Gasteiger partial charge is 0.335 e. The van der Waals surface area contributed by atoms with Crippen LogP contribution in [0.3, 0.4) is 0 Å². The van der Waals surface area contributed by atoms with Crippen molar-refractivity contribution in [2.45, 2.75) is 46.1 Å². The third-order valence-electron chi connectivity index (χ3n) is 6.26. The van der Waals surface area contributed by atoms with E-state index in [0.717, 1.165) is 25.8 Å². The molecule has 2 amide bonds. The van der Waals surface area contributed by atoms with Crippen molar-refractivity contribution in [2.24, 2.45) is 10.8 Å². The fourth-order valence-electron chi connectivity index (χ4n) is 5.49. The number of rotatable bonds is 3. The summed E-state index contributed by atoms with van der Waals surface area (Å²) in [6.07, 6.45) is 3.16. The fraction of sp³-hybridized carbons (Fsp3) is 0.417. The Kier molecular flexibility index (Phi) is 5.36. The van der Waals surface area contributed by atoms with E-state index in [1.165, 1.54) is 6.07 Å². The number of para-hydroxylation sites is 1. The van der Waals surface area contributed by atoms with Gasteiger partial charge in [-0.05, 0) is 60.4 Å². The number of fused-ring (bicyclic) bond motifs is 2. The molecule has 1 saturated carbocycles. The van der Waals surface area contributed by atoms with Crippen molar-refractivity contribution < 1.29 is 9.59 Å². The molecule has 1 aliphatic heterocycles. The summed E-state index contributed by atoms with van der Waals surface area (Å²) in [4.78, 5) is 28.3. The molecule has 0 aromatic heterocycles. The van der Waals surface area contributed by atoms with Crippen LogP contribution in [0.15, 0.2) is 42.5 Å². The first-order chi connectivity index (χ1) is 14.1. The Labute approximate surface area is 187 Å². The van der Waals surface area contributed by atoms with Crippen LogP contribution in [0.1, 0.15) is 60.7 Å². The molecule has 2 fully saturated rings. The van der Waals surface area contributed by atoms with Gasteiger partial charge in [0, 0.05) is 17.6 Å². The van der Waals surface area contributed by atoms with Crippen molar-refractivity contribution >= 4 is 40.7 Å². The molecule has 2 atom stereocenters. The van der Waals surface area contributed by atoms with Crippen molar-refractivity contribution in [2.75, 3.05) is 11.9 Å². The number of amides is 2. The molecule has 6 heteroatoms. The SMILES string of the molecule is CC1(C)C[C@H]2C[C@](C)(CN2C(=O)c2ccccc2NC(=O)c2ccc(Cl)cc2Cl)C1. The zero-order valence-electron chi connectivity index (χ0n) is 17.5. The van der Waals surface area contributed by atoms with E-state index in [2.05, 4.69) is 26.1 Å². The van der Waals surface area contributed by atoms with Crippen LogP contribution in [-0.2, 0) is 0 Å². The zero-order valence-corrected chi connectivity index (χ0v) is 19.0. The molecule has 1 aliphatic carbocycles.